The molecule has 1 atom stereocenters. The number of thioether (sulfide) groups is 1. The van der Waals surface area contributed by atoms with Crippen LogP contribution in [0.5, 0.6) is 0 Å². The molecule has 1 fully saturated rings. The number of halogens is 1. The van der Waals surface area contributed by atoms with Crippen LogP contribution in [0.1, 0.15) is 25.7 Å². The van der Waals surface area contributed by atoms with E-state index in [1.807, 2.05) is 12.1 Å². The highest BCUT2D eigenvalue weighted by Gasteiger charge is 2.20. The van der Waals surface area contributed by atoms with Gasteiger partial charge in [0.15, 0.2) is 0 Å². The fourth-order valence-corrected chi connectivity index (χ4v) is 2.83. The molecule has 0 heterocycles. The lowest BCUT2D eigenvalue weighted by atomic mass is 9.81. The Kier molecular flexibility index (Phi) is 4.24. The molecule has 88 valence electrons. The molecule has 0 radical (unpaired) electrons. The molecule has 1 nitrogen and oxygen atoms in total. The van der Waals surface area contributed by atoms with Crippen LogP contribution in [0.4, 0.5) is 4.39 Å². The van der Waals surface area contributed by atoms with Crippen LogP contribution in [0.2, 0.25) is 0 Å². The van der Waals surface area contributed by atoms with Crippen LogP contribution in [0.15, 0.2) is 29.2 Å². The minimum atomic E-state index is -0.178. The summed E-state index contributed by atoms with van der Waals surface area (Å²) in [5, 5.41) is 0. The average molecular weight is 239 g/mol. The van der Waals surface area contributed by atoms with Gasteiger partial charge in [-0.2, -0.15) is 0 Å². The maximum Gasteiger partial charge on any atom is 0.123 e. The van der Waals surface area contributed by atoms with E-state index in [1.165, 1.54) is 31.4 Å². The Labute approximate surface area is 101 Å². The van der Waals surface area contributed by atoms with Crippen molar-refractivity contribution in [3.63, 3.8) is 0 Å². The van der Waals surface area contributed by atoms with Gasteiger partial charge in [0.1, 0.15) is 5.82 Å². The highest BCUT2D eigenvalue weighted by molar-refractivity contribution is 7.99. The SMILES string of the molecule is NC(CSc1ccc(F)cc1)CC1CCC1. The predicted octanol–water partition coefficient (Wildman–Crippen LogP) is 3.44. The van der Waals surface area contributed by atoms with Crippen molar-refractivity contribution in [1.29, 1.82) is 0 Å². The summed E-state index contributed by atoms with van der Waals surface area (Å²) in [4.78, 5) is 1.10. The standard InChI is InChI=1S/C13H18FNS/c14-11-4-6-13(7-5-11)16-9-12(15)8-10-2-1-3-10/h4-7,10,12H,1-3,8-9,15H2. The Hall–Kier alpha value is -0.540. The van der Waals surface area contributed by atoms with Crippen LogP contribution in [-0.2, 0) is 0 Å². The van der Waals surface area contributed by atoms with E-state index in [0.29, 0.717) is 0 Å². The van der Waals surface area contributed by atoms with Gasteiger partial charge in [-0.25, -0.2) is 4.39 Å². The molecular weight excluding hydrogens is 221 g/mol. The summed E-state index contributed by atoms with van der Waals surface area (Å²) in [5.74, 6) is 1.62. The first-order valence-electron chi connectivity index (χ1n) is 5.88. The van der Waals surface area contributed by atoms with Gasteiger partial charge in [0.2, 0.25) is 0 Å². The first kappa shape index (κ1) is 11.9. The monoisotopic (exact) mass is 239 g/mol. The minimum Gasteiger partial charge on any atom is -0.327 e. The molecule has 1 aliphatic carbocycles. The maximum absolute atomic E-state index is 12.7. The van der Waals surface area contributed by atoms with Crippen molar-refractivity contribution in [2.75, 3.05) is 5.75 Å². The fraction of sp³-hybridized carbons (Fsp3) is 0.538. The van der Waals surface area contributed by atoms with Gasteiger partial charge in [-0.3, -0.25) is 0 Å². The lowest BCUT2D eigenvalue weighted by Gasteiger charge is -2.27. The zero-order valence-electron chi connectivity index (χ0n) is 9.36. The number of hydrogen-bond acceptors (Lipinski definition) is 2. The molecule has 16 heavy (non-hydrogen) atoms. The van der Waals surface area contributed by atoms with Crippen molar-refractivity contribution in [2.24, 2.45) is 11.7 Å². The molecule has 1 aromatic rings. The van der Waals surface area contributed by atoms with Crippen LogP contribution < -0.4 is 5.73 Å². The Bertz CT molecular complexity index is 321. The number of hydrogen-bond donors (Lipinski definition) is 1. The van der Waals surface area contributed by atoms with E-state index < -0.39 is 0 Å². The molecule has 0 bridgehead atoms. The Morgan fingerprint density at radius 1 is 1.31 bits per heavy atom. The molecule has 0 amide bonds. The molecule has 0 aromatic heterocycles. The normalized spacial score (nSPS) is 18.1. The van der Waals surface area contributed by atoms with Gasteiger partial charge in [-0.1, -0.05) is 19.3 Å². The van der Waals surface area contributed by atoms with Gasteiger partial charge in [0, 0.05) is 16.7 Å². The molecule has 3 heteroatoms. The third-order valence-corrected chi connectivity index (χ3v) is 4.34. The smallest absolute Gasteiger partial charge is 0.123 e. The van der Waals surface area contributed by atoms with E-state index in [1.54, 1.807) is 11.8 Å². The fourth-order valence-electron chi connectivity index (χ4n) is 1.96. The van der Waals surface area contributed by atoms with Gasteiger partial charge < -0.3 is 5.73 Å². The molecule has 1 aliphatic rings. The van der Waals surface area contributed by atoms with E-state index in [9.17, 15) is 4.39 Å². The van der Waals surface area contributed by atoms with Gasteiger partial charge >= 0.3 is 0 Å². The van der Waals surface area contributed by atoms with E-state index >= 15 is 0 Å². The van der Waals surface area contributed by atoms with Gasteiger partial charge in [-0.15, -0.1) is 11.8 Å². The molecule has 2 rings (SSSR count). The van der Waals surface area contributed by atoms with E-state index in [4.69, 9.17) is 5.73 Å². The van der Waals surface area contributed by atoms with Gasteiger partial charge in [-0.05, 0) is 36.6 Å². The van der Waals surface area contributed by atoms with Crippen LogP contribution in [0.3, 0.4) is 0 Å². The summed E-state index contributed by atoms with van der Waals surface area (Å²) in [5.41, 5.74) is 6.07. The zero-order chi connectivity index (χ0) is 11.4. The molecule has 0 spiro atoms. The van der Waals surface area contributed by atoms with Crippen molar-refractivity contribution >= 4 is 11.8 Å². The van der Waals surface area contributed by atoms with Crippen LogP contribution in [0.25, 0.3) is 0 Å². The average Bonchev–Trinajstić information content (AvgIpc) is 2.23. The number of benzene rings is 1. The second-order valence-corrected chi connectivity index (χ2v) is 5.65. The van der Waals surface area contributed by atoms with Crippen LogP contribution in [0, 0.1) is 11.7 Å². The van der Waals surface area contributed by atoms with Crippen molar-refractivity contribution in [3.8, 4) is 0 Å². The van der Waals surface area contributed by atoms with Crippen molar-refractivity contribution in [2.45, 2.75) is 36.6 Å². The lowest BCUT2D eigenvalue weighted by Crippen LogP contribution is -2.28. The number of rotatable bonds is 5. The molecule has 1 aromatic carbocycles. The molecule has 0 aliphatic heterocycles. The highest BCUT2D eigenvalue weighted by Crippen LogP contribution is 2.31. The second-order valence-electron chi connectivity index (χ2n) is 4.56. The van der Waals surface area contributed by atoms with Crippen molar-refractivity contribution < 1.29 is 4.39 Å². The van der Waals surface area contributed by atoms with Crippen LogP contribution in [-0.4, -0.2) is 11.8 Å². The van der Waals surface area contributed by atoms with E-state index in [2.05, 4.69) is 0 Å². The predicted molar refractivity (Wildman–Crippen MR) is 67.1 cm³/mol. The lowest BCUT2D eigenvalue weighted by molar-refractivity contribution is 0.282. The Morgan fingerprint density at radius 2 is 2.00 bits per heavy atom. The van der Waals surface area contributed by atoms with Crippen molar-refractivity contribution in [1.82, 2.24) is 0 Å². The summed E-state index contributed by atoms with van der Waals surface area (Å²) >= 11 is 1.72. The van der Waals surface area contributed by atoms with Gasteiger partial charge in [0.05, 0.1) is 0 Å². The molecule has 1 saturated carbocycles. The molecular formula is C13H18FNS. The molecule has 1 unspecified atom stereocenters. The van der Waals surface area contributed by atoms with Crippen LogP contribution >= 0.6 is 11.8 Å². The number of nitrogens with two attached hydrogens (primary N) is 1. The van der Waals surface area contributed by atoms with Gasteiger partial charge in [0.25, 0.3) is 0 Å². The summed E-state index contributed by atoms with van der Waals surface area (Å²) in [6, 6.07) is 6.91. The summed E-state index contributed by atoms with van der Waals surface area (Å²) < 4.78 is 12.7. The summed E-state index contributed by atoms with van der Waals surface area (Å²) in [7, 11) is 0. The Morgan fingerprint density at radius 3 is 2.56 bits per heavy atom. The molecule has 2 N–H and O–H groups in total. The quantitative estimate of drug-likeness (QED) is 0.797. The Balaban J connectivity index is 1.71. The summed E-state index contributed by atoms with van der Waals surface area (Å²) in [6.07, 6.45) is 5.24. The third-order valence-electron chi connectivity index (χ3n) is 3.14. The zero-order valence-corrected chi connectivity index (χ0v) is 10.2. The topological polar surface area (TPSA) is 26.0 Å². The van der Waals surface area contributed by atoms with E-state index in [-0.39, 0.29) is 11.9 Å². The summed E-state index contributed by atoms with van der Waals surface area (Å²) in [6.45, 7) is 0. The first-order chi connectivity index (χ1) is 7.74. The largest absolute Gasteiger partial charge is 0.327 e. The minimum absolute atomic E-state index is 0.178. The third kappa shape index (κ3) is 3.49. The molecule has 0 saturated heterocycles. The maximum atomic E-state index is 12.7. The second kappa shape index (κ2) is 5.69. The van der Waals surface area contributed by atoms with E-state index in [0.717, 1.165) is 23.0 Å². The van der Waals surface area contributed by atoms with Crippen molar-refractivity contribution in [3.05, 3.63) is 30.1 Å². The first-order valence-corrected chi connectivity index (χ1v) is 6.86. The highest BCUT2D eigenvalue weighted by atomic mass is 32.2.